The van der Waals surface area contributed by atoms with Crippen molar-refractivity contribution in [3.8, 4) is 5.75 Å². The van der Waals surface area contributed by atoms with Gasteiger partial charge in [0.15, 0.2) is 5.78 Å². The predicted molar refractivity (Wildman–Crippen MR) is 151 cm³/mol. The van der Waals surface area contributed by atoms with Gasteiger partial charge in [-0.2, -0.15) is 0 Å². The number of ether oxygens (including phenoxy) is 2. The number of hydrogen-bond donors (Lipinski definition) is 2. The minimum atomic E-state index is -1.09. The van der Waals surface area contributed by atoms with Crippen molar-refractivity contribution in [2.45, 2.75) is 115 Å². The molecule has 2 N–H and O–H groups in total. The molecule has 0 heterocycles. The second-order valence-corrected chi connectivity index (χ2v) is 13.1. The lowest BCUT2D eigenvalue weighted by Crippen LogP contribution is -2.41. The number of carboxylic acid groups (broad SMARTS) is 1. The van der Waals surface area contributed by atoms with Gasteiger partial charge >= 0.3 is 12.1 Å². The monoisotopic (exact) mass is 573 g/mol. The maximum absolute atomic E-state index is 15.8. The number of ketones is 2. The van der Waals surface area contributed by atoms with E-state index in [4.69, 9.17) is 9.47 Å². The Morgan fingerprint density at radius 3 is 2.29 bits per heavy atom. The molecule has 8 nitrogen and oxygen atoms in total. The van der Waals surface area contributed by atoms with Gasteiger partial charge in [-0.15, -0.1) is 0 Å². The first-order chi connectivity index (χ1) is 19.4. The number of carboxylic acids is 1. The summed E-state index contributed by atoms with van der Waals surface area (Å²) in [7, 11) is 1.50. The molecule has 226 valence electrons. The van der Waals surface area contributed by atoms with Crippen LogP contribution in [0.2, 0.25) is 0 Å². The van der Waals surface area contributed by atoms with Gasteiger partial charge in [-0.05, 0) is 96.0 Å². The van der Waals surface area contributed by atoms with Gasteiger partial charge in [-0.3, -0.25) is 14.4 Å². The first-order valence-electron chi connectivity index (χ1n) is 15.0. The molecule has 41 heavy (non-hydrogen) atoms. The number of benzene rings is 1. The summed E-state index contributed by atoms with van der Waals surface area (Å²) >= 11 is 0. The molecule has 2 unspecified atom stereocenters. The van der Waals surface area contributed by atoms with Crippen LogP contribution in [0.25, 0.3) is 0 Å². The second kappa shape index (κ2) is 12.9. The van der Waals surface area contributed by atoms with Crippen LogP contribution in [0.3, 0.4) is 0 Å². The fourth-order valence-electron chi connectivity index (χ4n) is 6.51. The number of methoxy groups -OCH3 is 1. The normalized spacial score (nSPS) is 25.1. The van der Waals surface area contributed by atoms with Crippen molar-refractivity contribution >= 4 is 23.6 Å². The fraction of sp³-hybridized carbons (Fsp3) is 0.688. The number of Topliss-reactive ketones (excluding diaryl/α,β-unsaturated/α-hetero) is 2. The molecule has 1 aromatic rings. The minimum absolute atomic E-state index is 0.00412. The van der Waals surface area contributed by atoms with Crippen LogP contribution >= 0.6 is 0 Å². The summed E-state index contributed by atoms with van der Waals surface area (Å²) in [6.45, 7) is 5.47. The predicted octanol–water partition coefficient (Wildman–Crippen LogP) is 6.37. The standard InChI is InChI=1S/C32H44FNO7/c1-32(2,3)41-31(39)34-21-10-7-19(8-11-21)16-23-25(33)17-24-28(30(23)40-4)20(15-18-5-6-18)9-13-26(35)22(29(24)38)12-14-27(36)37/h17-22H,5-16H2,1-4H3,(H,34,39)(H,36,37). The highest BCUT2D eigenvalue weighted by atomic mass is 19.1. The summed E-state index contributed by atoms with van der Waals surface area (Å²) in [5.74, 6) is -2.45. The van der Waals surface area contributed by atoms with Crippen LogP contribution in [-0.2, 0) is 20.7 Å². The van der Waals surface area contributed by atoms with Crippen LogP contribution in [-0.4, -0.2) is 47.5 Å². The van der Waals surface area contributed by atoms with E-state index < -0.39 is 35.2 Å². The van der Waals surface area contributed by atoms with Gasteiger partial charge < -0.3 is 19.9 Å². The number of carbonyl (C=O) groups excluding carboxylic acids is 3. The number of fused-ring (bicyclic) bond motifs is 1. The number of nitrogens with one attached hydrogen (secondary N) is 1. The summed E-state index contributed by atoms with van der Waals surface area (Å²) in [6, 6.07) is 1.28. The quantitative estimate of drug-likeness (QED) is 0.330. The van der Waals surface area contributed by atoms with Crippen molar-refractivity contribution in [1.82, 2.24) is 5.32 Å². The van der Waals surface area contributed by atoms with Crippen LogP contribution < -0.4 is 10.1 Å². The first-order valence-corrected chi connectivity index (χ1v) is 15.0. The number of amides is 1. The molecule has 0 radical (unpaired) electrons. The molecule has 3 aliphatic rings. The molecule has 4 rings (SSSR count). The molecule has 0 aromatic heterocycles. The van der Waals surface area contributed by atoms with Crippen LogP contribution in [0.5, 0.6) is 5.75 Å². The molecule has 3 aliphatic carbocycles. The highest BCUT2D eigenvalue weighted by Crippen LogP contribution is 2.48. The van der Waals surface area contributed by atoms with Gasteiger partial charge in [0.2, 0.25) is 0 Å². The molecular formula is C32H44FNO7. The zero-order chi connectivity index (χ0) is 29.9. The summed E-state index contributed by atoms with van der Waals surface area (Å²) in [6.07, 6.45) is 6.50. The smallest absolute Gasteiger partial charge is 0.407 e. The Morgan fingerprint density at radius 2 is 1.71 bits per heavy atom. The van der Waals surface area contributed by atoms with E-state index >= 15 is 4.39 Å². The Labute approximate surface area is 241 Å². The van der Waals surface area contributed by atoms with Gasteiger partial charge in [-0.1, -0.05) is 12.8 Å². The number of aliphatic carboxylic acids is 1. The Kier molecular flexibility index (Phi) is 9.75. The Balaban J connectivity index is 1.58. The summed E-state index contributed by atoms with van der Waals surface area (Å²) in [4.78, 5) is 50.1. The maximum Gasteiger partial charge on any atom is 0.407 e. The Bertz CT molecular complexity index is 1160. The van der Waals surface area contributed by atoms with Crippen molar-refractivity contribution in [2.75, 3.05) is 7.11 Å². The Morgan fingerprint density at radius 1 is 1.05 bits per heavy atom. The molecule has 0 aliphatic heterocycles. The lowest BCUT2D eigenvalue weighted by Gasteiger charge is -2.32. The third kappa shape index (κ3) is 8.07. The second-order valence-electron chi connectivity index (χ2n) is 13.1. The fourth-order valence-corrected chi connectivity index (χ4v) is 6.51. The molecule has 0 spiro atoms. The highest BCUT2D eigenvalue weighted by molar-refractivity contribution is 6.12. The van der Waals surface area contributed by atoms with Crippen molar-refractivity contribution in [3.05, 3.63) is 28.6 Å². The van der Waals surface area contributed by atoms with Gasteiger partial charge in [0.25, 0.3) is 0 Å². The van der Waals surface area contributed by atoms with Gasteiger partial charge in [0, 0.05) is 35.6 Å². The zero-order valence-electron chi connectivity index (χ0n) is 24.7. The molecule has 1 aromatic carbocycles. The van der Waals surface area contributed by atoms with E-state index in [0.717, 1.165) is 44.9 Å². The number of rotatable bonds is 9. The van der Waals surface area contributed by atoms with E-state index in [1.807, 2.05) is 20.8 Å². The third-order valence-electron chi connectivity index (χ3n) is 8.71. The van der Waals surface area contributed by atoms with E-state index in [2.05, 4.69) is 5.32 Å². The number of alkyl carbamates (subject to hydrolysis) is 1. The molecule has 9 heteroatoms. The maximum atomic E-state index is 15.8. The average molecular weight is 574 g/mol. The lowest BCUT2D eigenvalue weighted by atomic mass is 9.74. The zero-order valence-corrected chi connectivity index (χ0v) is 24.7. The minimum Gasteiger partial charge on any atom is -0.496 e. The van der Waals surface area contributed by atoms with Crippen molar-refractivity contribution in [2.24, 2.45) is 17.8 Å². The van der Waals surface area contributed by atoms with Gasteiger partial charge in [0.05, 0.1) is 13.0 Å². The molecule has 0 bridgehead atoms. The van der Waals surface area contributed by atoms with E-state index in [1.54, 1.807) is 0 Å². The first kappa shape index (κ1) is 31.0. The van der Waals surface area contributed by atoms with Crippen LogP contribution in [0.15, 0.2) is 6.07 Å². The van der Waals surface area contributed by atoms with Crippen LogP contribution in [0, 0.1) is 23.6 Å². The van der Waals surface area contributed by atoms with E-state index in [0.29, 0.717) is 35.6 Å². The van der Waals surface area contributed by atoms with E-state index in [1.165, 1.54) is 13.2 Å². The summed E-state index contributed by atoms with van der Waals surface area (Å²) in [5, 5.41) is 12.1. The molecule has 2 atom stereocenters. The molecule has 2 fully saturated rings. The van der Waals surface area contributed by atoms with Crippen molar-refractivity contribution in [1.29, 1.82) is 0 Å². The number of halogens is 1. The van der Waals surface area contributed by atoms with Crippen molar-refractivity contribution in [3.63, 3.8) is 0 Å². The van der Waals surface area contributed by atoms with Crippen molar-refractivity contribution < 1.29 is 38.1 Å². The Hall–Kier alpha value is -2.97. The number of hydrogen-bond acceptors (Lipinski definition) is 6. The molecule has 0 saturated heterocycles. The van der Waals surface area contributed by atoms with Gasteiger partial charge in [0.1, 0.15) is 23.0 Å². The summed E-state index contributed by atoms with van der Waals surface area (Å²) < 4.78 is 27.1. The SMILES string of the molecule is COc1c(CC2CCC(NC(=O)OC(C)(C)C)CC2)c(F)cc2c1C(CC1CC1)CCC(=O)C(CCC(=O)O)C2=O. The third-order valence-corrected chi connectivity index (χ3v) is 8.71. The summed E-state index contributed by atoms with van der Waals surface area (Å²) in [5.41, 5.74) is 0.746. The molecule has 2 saturated carbocycles. The molecule has 1 amide bonds. The van der Waals surface area contributed by atoms with Crippen LogP contribution in [0.4, 0.5) is 9.18 Å². The largest absolute Gasteiger partial charge is 0.496 e. The highest BCUT2D eigenvalue weighted by Gasteiger charge is 2.39. The van der Waals surface area contributed by atoms with Gasteiger partial charge in [-0.25, -0.2) is 9.18 Å². The van der Waals surface area contributed by atoms with Crippen LogP contribution in [0.1, 0.15) is 119 Å². The number of carbonyl (C=O) groups is 4. The average Bonchev–Trinajstić information content (AvgIpc) is 3.70. The molecular weight excluding hydrogens is 529 g/mol. The topological polar surface area (TPSA) is 119 Å². The van der Waals surface area contributed by atoms with E-state index in [-0.39, 0.29) is 48.5 Å². The lowest BCUT2D eigenvalue weighted by molar-refractivity contribution is -0.137. The van der Waals surface area contributed by atoms with E-state index in [9.17, 15) is 24.3 Å².